The average Bonchev–Trinajstić information content (AvgIpc) is 2.04. The summed E-state index contributed by atoms with van der Waals surface area (Å²) in [4.78, 5) is 11.2. The number of anilines is 1. The van der Waals surface area contributed by atoms with Crippen LogP contribution in [0.2, 0.25) is 0 Å². The van der Waals surface area contributed by atoms with Gasteiger partial charge in [0.2, 0.25) is 5.91 Å². The molecule has 1 aromatic rings. The molecule has 0 bridgehead atoms. The smallest absolute Gasteiger partial charge is 0.225 e. The molecule has 0 aromatic heterocycles. The average molecular weight is 178 g/mol. The first-order valence-corrected chi connectivity index (χ1v) is 4.29. The molecule has 0 radical (unpaired) electrons. The van der Waals surface area contributed by atoms with Gasteiger partial charge in [-0.2, -0.15) is 0 Å². The molecule has 3 N–H and O–H groups in total. The van der Waals surface area contributed by atoms with Crippen molar-refractivity contribution in [3.05, 3.63) is 30.3 Å². The molecular weight excluding hydrogens is 164 g/mol. The molecule has 1 amide bonds. The van der Waals surface area contributed by atoms with Crippen molar-refractivity contribution in [3.8, 4) is 0 Å². The molecule has 1 rings (SSSR count). The van der Waals surface area contributed by atoms with Crippen molar-refractivity contribution in [1.82, 2.24) is 0 Å². The molecular formula is C10H14N2O. The number of carbonyl (C=O) groups is 1. The quantitative estimate of drug-likeness (QED) is 0.734. The molecule has 0 aliphatic carbocycles. The van der Waals surface area contributed by atoms with Crippen molar-refractivity contribution < 1.29 is 4.79 Å². The fourth-order valence-electron chi connectivity index (χ4n) is 1.03. The number of hydrogen-bond acceptors (Lipinski definition) is 2. The van der Waals surface area contributed by atoms with E-state index in [0.717, 1.165) is 5.69 Å². The molecule has 70 valence electrons. The minimum atomic E-state index is -0.0938. The molecule has 1 atom stereocenters. The van der Waals surface area contributed by atoms with E-state index in [4.69, 9.17) is 5.73 Å². The van der Waals surface area contributed by atoms with Gasteiger partial charge in [0, 0.05) is 18.2 Å². The van der Waals surface area contributed by atoms with Gasteiger partial charge in [-0.3, -0.25) is 4.79 Å². The van der Waals surface area contributed by atoms with E-state index in [2.05, 4.69) is 5.32 Å². The van der Waals surface area contributed by atoms with Gasteiger partial charge in [0.1, 0.15) is 0 Å². The number of nitrogens with one attached hydrogen (secondary N) is 1. The Morgan fingerprint density at radius 2 is 2.08 bits per heavy atom. The summed E-state index contributed by atoms with van der Waals surface area (Å²) in [7, 11) is 0. The van der Waals surface area contributed by atoms with Gasteiger partial charge in [-0.05, 0) is 19.1 Å². The lowest BCUT2D eigenvalue weighted by Gasteiger charge is -2.06. The van der Waals surface area contributed by atoms with Gasteiger partial charge in [0.25, 0.3) is 0 Å². The summed E-state index contributed by atoms with van der Waals surface area (Å²) >= 11 is 0. The minimum Gasteiger partial charge on any atom is -0.327 e. The van der Waals surface area contributed by atoms with Crippen molar-refractivity contribution in [2.45, 2.75) is 19.4 Å². The van der Waals surface area contributed by atoms with Crippen LogP contribution < -0.4 is 11.1 Å². The van der Waals surface area contributed by atoms with E-state index in [1.807, 2.05) is 37.3 Å². The van der Waals surface area contributed by atoms with E-state index in [9.17, 15) is 4.79 Å². The van der Waals surface area contributed by atoms with Crippen LogP contribution in [0, 0.1) is 0 Å². The molecule has 13 heavy (non-hydrogen) atoms. The van der Waals surface area contributed by atoms with Crippen LogP contribution in [0.25, 0.3) is 0 Å². The van der Waals surface area contributed by atoms with Gasteiger partial charge < -0.3 is 11.1 Å². The third kappa shape index (κ3) is 3.71. The van der Waals surface area contributed by atoms with Crippen LogP contribution in [0.4, 0.5) is 5.69 Å². The summed E-state index contributed by atoms with van der Waals surface area (Å²) in [5.74, 6) is -0.0406. The molecule has 0 heterocycles. The van der Waals surface area contributed by atoms with Crippen molar-refractivity contribution in [2.75, 3.05) is 5.32 Å². The molecule has 0 spiro atoms. The summed E-state index contributed by atoms with van der Waals surface area (Å²) in [5.41, 5.74) is 6.30. The number of para-hydroxylation sites is 1. The fourth-order valence-corrected chi connectivity index (χ4v) is 1.03. The van der Waals surface area contributed by atoms with Gasteiger partial charge in [0.15, 0.2) is 0 Å². The van der Waals surface area contributed by atoms with Crippen LogP contribution in [-0.4, -0.2) is 11.9 Å². The van der Waals surface area contributed by atoms with E-state index >= 15 is 0 Å². The molecule has 0 fully saturated rings. The normalized spacial score (nSPS) is 12.2. The first-order valence-electron chi connectivity index (χ1n) is 4.29. The molecule has 0 saturated carbocycles. The maximum absolute atomic E-state index is 11.2. The van der Waals surface area contributed by atoms with E-state index in [0.29, 0.717) is 6.42 Å². The summed E-state index contributed by atoms with van der Waals surface area (Å²) in [5, 5.41) is 2.75. The Kier molecular flexibility index (Phi) is 3.46. The second kappa shape index (κ2) is 4.62. The summed E-state index contributed by atoms with van der Waals surface area (Å²) in [6.45, 7) is 1.81. The van der Waals surface area contributed by atoms with Gasteiger partial charge in [0.05, 0.1) is 0 Å². The maximum Gasteiger partial charge on any atom is 0.225 e. The Labute approximate surface area is 77.9 Å². The topological polar surface area (TPSA) is 55.1 Å². The highest BCUT2D eigenvalue weighted by molar-refractivity contribution is 5.90. The van der Waals surface area contributed by atoms with E-state index in [1.54, 1.807) is 0 Å². The SMILES string of the molecule is CC(N)CC(=O)Nc1ccccc1. The predicted octanol–water partition coefficient (Wildman–Crippen LogP) is 1.36. The molecule has 1 aromatic carbocycles. The summed E-state index contributed by atoms with van der Waals surface area (Å²) in [6, 6.07) is 9.26. The number of hydrogen-bond donors (Lipinski definition) is 2. The lowest BCUT2D eigenvalue weighted by molar-refractivity contribution is -0.116. The Hall–Kier alpha value is -1.35. The van der Waals surface area contributed by atoms with Crippen LogP contribution >= 0.6 is 0 Å². The third-order valence-electron chi connectivity index (χ3n) is 1.56. The number of amides is 1. The fraction of sp³-hybridized carbons (Fsp3) is 0.300. The third-order valence-corrected chi connectivity index (χ3v) is 1.56. The Balaban J connectivity index is 2.46. The molecule has 0 saturated heterocycles. The van der Waals surface area contributed by atoms with Crippen LogP contribution in [0.1, 0.15) is 13.3 Å². The van der Waals surface area contributed by atoms with Crippen LogP contribution in [-0.2, 0) is 4.79 Å². The van der Waals surface area contributed by atoms with E-state index in [-0.39, 0.29) is 11.9 Å². The Bertz CT molecular complexity index is 270. The molecule has 0 aliphatic heterocycles. The van der Waals surface area contributed by atoms with E-state index in [1.165, 1.54) is 0 Å². The largest absolute Gasteiger partial charge is 0.327 e. The van der Waals surface area contributed by atoms with Crippen LogP contribution in [0.3, 0.4) is 0 Å². The van der Waals surface area contributed by atoms with Gasteiger partial charge in [-0.15, -0.1) is 0 Å². The Morgan fingerprint density at radius 3 is 2.62 bits per heavy atom. The van der Waals surface area contributed by atoms with Crippen molar-refractivity contribution in [1.29, 1.82) is 0 Å². The van der Waals surface area contributed by atoms with Crippen molar-refractivity contribution >= 4 is 11.6 Å². The van der Waals surface area contributed by atoms with Crippen LogP contribution in [0.5, 0.6) is 0 Å². The number of nitrogens with two attached hydrogens (primary N) is 1. The van der Waals surface area contributed by atoms with E-state index < -0.39 is 0 Å². The molecule has 3 nitrogen and oxygen atoms in total. The number of rotatable bonds is 3. The molecule has 0 aliphatic rings. The minimum absolute atomic E-state index is 0.0406. The van der Waals surface area contributed by atoms with Gasteiger partial charge in [-0.1, -0.05) is 18.2 Å². The highest BCUT2D eigenvalue weighted by Crippen LogP contribution is 2.05. The Morgan fingerprint density at radius 1 is 1.46 bits per heavy atom. The predicted molar refractivity (Wildman–Crippen MR) is 53.3 cm³/mol. The summed E-state index contributed by atoms with van der Waals surface area (Å²) in [6.07, 6.45) is 0.356. The summed E-state index contributed by atoms with van der Waals surface area (Å²) < 4.78 is 0. The zero-order valence-electron chi connectivity index (χ0n) is 7.66. The lowest BCUT2D eigenvalue weighted by Crippen LogP contribution is -2.23. The van der Waals surface area contributed by atoms with Gasteiger partial charge in [-0.25, -0.2) is 0 Å². The van der Waals surface area contributed by atoms with Gasteiger partial charge >= 0.3 is 0 Å². The maximum atomic E-state index is 11.2. The zero-order chi connectivity index (χ0) is 9.68. The number of benzene rings is 1. The monoisotopic (exact) mass is 178 g/mol. The van der Waals surface area contributed by atoms with Crippen molar-refractivity contribution in [3.63, 3.8) is 0 Å². The zero-order valence-corrected chi connectivity index (χ0v) is 7.66. The lowest BCUT2D eigenvalue weighted by atomic mass is 10.2. The highest BCUT2D eigenvalue weighted by Gasteiger charge is 2.04. The first-order chi connectivity index (χ1) is 6.18. The molecule has 3 heteroatoms. The second-order valence-electron chi connectivity index (χ2n) is 3.10. The van der Waals surface area contributed by atoms with Crippen molar-refractivity contribution in [2.24, 2.45) is 5.73 Å². The second-order valence-corrected chi connectivity index (χ2v) is 3.10. The molecule has 1 unspecified atom stereocenters. The highest BCUT2D eigenvalue weighted by atomic mass is 16.1. The van der Waals surface area contributed by atoms with Crippen LogP contribution in [0.15, 0.2) is 30.3 Å². The standard InChI is InChI=1S/C10H14N2O/c1-8(11)7-10(13)12-9-5-3-2-4-6-9/h2-6,8H,7,11H2,1H3,(H,12,13). The first kappa shape index (κ1) is 9.74. The number of carbonyl (C=O) groups excluding carboxylic acids is 1.